The molecule has 0 amide bonds. The highest BCUT2D eigenvalue weighted by atomic mass is 35.5. The van der Waals surface area contributed by atoms with Crippen LogP contribution in [0.1, 0.15) is 26.7 Å². The minimum Gasteiger partial charge on any atom is -0.379 e. The zero-order valence-corrected chi connectivity index (χ0v) is 16.5. The fraction of sp³-hybridized carbons (Fsp3) is 0.611. The molecule has 0 bridgehead atoms. The van der Waals surface area contributed by atoms with E-state index in [1.165, 1.54) is 5.57 Å². The summed E-state index contributed by atoms with van der Waals surface area (Å²) in [6.45, 7) is 7.65. The number of ether oxygens (including phenoxy) is 1. The van der Waals surface area contributed by atoms with Gasteiger partial charge in [0.2, 0.25) is 0 Å². The van der Waals surface area contributed by atoms with Crippen molar-refractivity contribution < 1.29 is 4.74 Å². The molecule has 1 saturated carbocycles. The van der Waals surface area contributed by atoms with Crippen LogP contribution in [0.3, 0.4) is 0 Å². The molecule has 5 rings (SSSR count). The molecule has 138 valence electrons. The lowest BCUT2D eigenvalue weighted by atomic mass is 9.80. The van der Waals surface area contributed by atoms with Crippen molar-refractivity contribution in [2.45, 2.75) is 32.5 Å². The molecule has 2 atom stereocenters. The Balaban J connectivity index is 1.85. The van der Waals surface area contributed by atoms with Gasteiger partial charge in [0.05, 0.1) is 23.4 Å². The molecule has 2 aromatic heterocycles. The second kappa shape index (κ2) is 5.69. The number of hydrogen-bond donors (Lipinski definition) is 1. The van der Waals surface area contributed by atoms with E-state index in [1.807, 2.05) is 0 Å². The van der Waals surface area contributed by atoms with Crippen molar-refractivity contribution >= 4 is 38.7 Å². The van der Waals surface area contributed by atoms with Gasteiger partial charge >= 0.3 is 0 Å². The normalized spacial score (nSPS) is 30.9. The number of nitrogens with zero attached hydrogens (tertiary/aromatic N) is 4. The third kappa shape index (κ3) is 2.24. The Morgan fingerprint density at radius 2 is 2.08 bits per heavy atom. The Morgan fingerprint density at radius 1 is 1.31 bits per heavy atom. The quantitative estimate of drug-likeness (QED) is 0.745. The van der Waals surface area contributed by atoms with E-state index in [2.05, 4.69) is 28.7 Å². The predicted octanol–water partition coefficient (Wildman–Crippen LogP) is 1.51. The van der Waals surface area contributed by atoms with Gasteiger partial charge in [0, 0.05) is 24.2 Å². The van der Waals surface area contributed by atoms with Crippen molar-refractivity contribution in [2.75, 3.05) is 26.3 Å². The van der Waals surface area contributed by atoms with Crippen LogP contribution in [-0.2, 0) is 4.74 Å². The number of nitrogens with two attached hydrogens (primary N) is 1. The predicted molar refractivity (Wildman–Crippen MR) is 102 cm³/mol. The summed E-state index contributed by atoms with van der Waals surface area (Å²) in [5.74, 6) is -0.532. The summed E-state index contributed by atoms with van der Waals surface area (Å²) in [4.78, 5) is 16.1. The highest BCUT2D eigenvalue weighted by Crippen LogP contribution is 2.52. The average Bonchev–Trinajstić information content (AvgIpc) is 3.14. The third-order valence-corrected chi connectivity index (χ3v) is 7.60. The van der Waals surface area contributed by atoms with Gasteiger partial charge in [-0.3, -0.25) is 10.6 Å². The van der Waals surface area contributed by atoms with Crippen LogP contribution in [-0.4, -0.2) is 47.0 Å². The van der Waals surface area contributed by atoms with Crippen molar-refractivity contribution in [3.05, 3.63) is 21.4 Å². The summed E-state index contributed by atoms with van der Waals surface area (Å²) in [6.07, 6.45) is 3.68. The molecule has 0 aromatic carbocycles. The maximum atomic E-state index is 7.04. The molecule has 2 aromatic rings. The molecular formula is C18H22ClN5OS. The smallest absolute Gasteiger partial charge is 0.173 e. The first-order valence-corrected chi connectivity index (χ1v) is 10.3. The Morgan fingerprint density at radius 3 is 2.85 bits per heavy atom. The van der Waals surface area contributed by atoms with Crippen LogP contribution < -0.4 is 15.6 Å². The minimum atomic E-state index is -0.722. The Hall–Kier alpha value is -1.12. The summed E-state index contributed by atoms with van der Waals surface area (Å²) >= 11 is 7.92. The number of aromatic nitrogens is 2. The maximum Gasteiger partial charge on any atom is 0.173 e. The van der Waals surface area contributed by atoms with Crippen LogP contribution in [0.25, 0.3) is 15.8 Å². The summed E-state index contributed by atoms with van der Waals surface area (Å²) in [7, 11) is 0. The molecule has 1 saturated heterocycles. The monoisotopic (exact) mass is 391 g/mol. The Bertz CT molecular complexity index is 1010. The van der Waals surface area contributed by atoms with Crippen molar-refractivity contribution in [1.29, 1.82) is 0 Å². The highest BCUT2D eigenvalue weighted by molar-refractivity contribution is 7.17. The molecule has 8 heteroatoms. The molecule has 2 unspecified atom stereocenters. The van der Waals surface area contributed by atoms with Crippen LogP contribution in [0.15, 0.2) is 11.3 Å². The highest BCUT2D eigenvalue weighted by Gasteiger charge is 2.52. The topological polar surface area (TPSA) is 76.6 Å². The molecular weight excluding hydrogens is 370 g/mol. The first-order valence-electron chi connectivity index (χ1n) is 9.07. The number of rotatable bonds is 1. The van der Waals surface area contributed by atoms with Crippen LogP contribution in [0.5, 0.6) is 0 Å². The molecule has 6 nitrogen and oxygen atoms in total. The van der Waals surface area contributed by atoms with Gasteiger partial charge in [-0.05, 0) is 23.8 Å². The van der Waals surface area contributed by atoms with Gasteiger partial charge in [0.15, 0.2) is 5.79 Å². The Kier molecular flexibility index (Phi) is 3.72. The summed E-state index contributed by atoms with van der Waals surface area (Å²) in [5, 5.41) is 1.64. The van der Waals surface area contributed by atoms with Gasteiger partial charge < -0.3 is 4.74 Å². The molecule has 3 aliphatic rings. The zero-order valence-electron chi connectivity index (χ0n) is 15.0. The number of fused-ring (bicyclic) bond motifs is 4. The first kappa shape index (κ1) is 17.0. The molecule has 26 heavy (non-hydrogen) atoms. The number of thiophene rings is 1. The standard InChI is InChI=1S/C18H22ClN5OS/c1-17(2)4-3-10-12(17)11-13-14(15(19)22-9-21-13)26-16(11)23-18(10,20)24-5-7-25-8-6-24/h9-10H,3-8,20H2,1-2H3. The van der Waals surface area contributed by atoms with Gasteiger partial charge in [-0.25, -0.2) is 15.0 Å². The molecule has 0 radical (unpaired) electrons. The van der Waals surface area contributed by atoms with Gasteiger partial charge in [0.25, 0.3) is 0 Å². The summed E-state index contributed by atoms with van der Waals surface area (Å²) < 4.78 is 7.39. The molecule has 1 aliphatic carbocycles. The largest absolute Gasteiger partial charge is 0.379 e. The molecule has 2 N–H and O–H groups in total. The van der Waals surface area contributed by atoms with Gasteiger partial charge in [0.1, 0.15) is 16.2 Å². The van der Waals surface area contributed by atoms with Crippen molar-refractivity contribution in [3.63, 3.8) is 0 Å². The molecule has 4 heterocycles. The lowest BCUT2D eigenvalue weighted by Crippen LogP contribution is -2.65. The molecule has 0 spiro atoms. The van der Waals surface area contributed by atoms with Crippen LogP contribution in [0.2, 0.25) is 5.15 Å². The van der Waals surface area contributed by atoms with E-state index in [0.717, 1.165) is 46.0 Å². The average molecular weight is 392 g/mol. The van der Waals surface area contributed by atoms with Crippen LogP contribution >= 0.6 is 22.9 Å². The Labute approximate surface area is 160 Å². The second-order valence-corrected chi connectivity index (χ2v) is 9.36. The van der Waals surface area contributed by atoms with E-state index in [-0.39, 0.29) is 11.3 Å². The van der Waals surface area contributed by atoms with Gasteiger partial charge in [-0.1, -0.05) is 25.4 Å². The van der Waals surface area contributed by atoms with Crippen molar-refractivity contribution in [3.8, 4) is 0 Å². The zero-order chi connectivity index (χ0) is 18.1. The fourth-order valence-corrected chi connectivity index (χ4v) is 6.17. The van der Waals surface area contributed by atoms with Crippen molar-refractivity contribution in [2.24, 2.45) is 22.1 Å². The van der Waals surface area contributed by atoms with Crippen LogP contribution in [0.4, 0.5) is 0 Å². The van der Waals surface area contributed by atoms with E-state index in [0.29, 0.717) is 18.4 Å². The third-order valence-electron chi connectivity index (χ3n) is 6.13. The van der Waals surface area contributed by atoms with E-state index in [4.69, 9.17) is 27.1 Å². The molecule has 2 fully saturated rings. The second-order valence-electron chi connectivity index (χ2n) is 8.01. The molecule has 2 aliphatic heterocycles. The lowest BCUT2D eigenvalue weighted by Gasteiger charge is -2.45. The van der Waals surface area contributed by atoms with E-state index in [9.17, 15) is 0 Å². The van der Waals surface area contributed by atoms with E-state index < -0.39 is 5.79 Å². The first-order chi connectivity index (χ1) is 12.4. The maximum absolute atomic E-state index is 7.04. The summed E-state index contributed by atoms with van der Waals surface area (Å²) in [5.41, 5.74) is 9.41. The fourth-order valence-electron chi connectivity index (χ4n) is 4.84. The minimum absolute atomic E-state index is 0.0672. The van der Waals surface area contributed by atoms with Crippen molar-refractivity contribution in [1.82, 2.24) is 14.9 Å². The van der Waals surface area contributed by atoms with E-state index >= 15 is 0 Å². The number of hydrogen-bond acceptors (Lipinski definition) is 7. The summed E-state index contributed by atoms with van der Waals surface area (Å²) in [6, 6.07) is 0. The van der Waals surface area contributed by atoms with E-state index in [1.54, 1.807) is 17.7 Å². The number of halogens is 1. The lowest BCUT2D eigenvalue weighted by molar-refractivity contribution is -0.0342. The van der Waals surface area contributed by atoms with Gasteiger partial charge in [-0.2, -0.15) is 0 Å². The van der Waals surface area contributed by atoms with Gasteiger partial charge in [-0.15, -0.1) is 11.3 Å². The SMILES string of the molecule is CC1(C)CCC2C1=c1c(sc3c(Cl)ncnc13)=NC2(N)N1CCOCC1. The van der Waals surface area contributed by atoms with Crippen LogP contribution in [0, 0.1) is 11.3 Å². The number of morpholine rings is 1.